The molecule has 0 aliphatic heterocycles. The molecule has 0 amide bonds. The molecule has 0 radical (unpaired) electrons. The summed E-state index contributed by atoms with van der Waals surface area (Å²) >= 11 is 0. The average molecular weight is 330 g/mol. The van der Waals surface area contributed by atoms with E-state index in [1.54, 1.807) is 13.0 Å². The van der Waals surface area contributed by atoms with Crippen molar-refractivity contribution >= 4 is 17.5 Å². The van der Waals surface area contributed by atoms with Gasteiger partial charge in [0.2, 0.25) is 5.78 Å². The molecule has 0 heterocycles. The predicted octanol–water partition coefficient (Wildman–Crippen LogP) is 3.74. The zero-order valence-corrected chi connectivity index (χ0v) is 15.2. The van der Waals surface area contributed by atoms with E-state index in [1.165, 1.54) is 5.56 Å². The van der Waals surface area contributed by atoms with Crippen LogP contribution in [0, 0.1) is 0 Å². The number of Topliss-reactive ketones (excluding diaryl/α,β-unsaturated/α-hetero) is 2. The topological polar surface area (TPSA) is 60.4 Å². The standard InChI is InChI=1S/C20H26O4/c1-6-24-18(23)17(22)12-16(21)13-7-8-14-15(11-13)20(4,5)10-9-19(14,2)3/h7-8,11H,6,9-10,12H2,1-5H3. The van der Waals surface area contributed by atoms with E-state index < -0.39 is 18.2 Å². The van der Waals surface area contributed by atoms with Crippen molar-refractivity contribution in [2.24, 2.45) is 0 Å². The number of rotatable bonds is 5. The van der Waals surface area contributed by atoms with Crippen LogP contribution in [0.4, 0.5) is 0 Å². The van der Waals surface area contributed by atoms with Crippen molar-refractivity contribution in [3.8, 4) is 0 Å². The van der Waals surface area contributed by atoms with Crippen molar-refractivity contribution in [3.63, 3.8) is 0 Å². The Labute approximate surface area is 143 Å². The Morgan fingerprint density at radius 1 is 1.00 bits per heavy atom. The lowest BCUT2D eigenvalue weighted by Crippen LogP contribution is -2.34. The van der Waals surface area contributed by atoms with Crippen LogP contribution in [0.15, 0.2) is 18.2 Å². The highest BCUT2D eigenvalue weighted by Gasteiger charge is 2.37. The third kappa shape index (κ3) is 3.58. The first-order valence-electron chi connectivity index (χ1n) is 8.46. The summed E-state index contributed by atoms with van der Waals surface area (Å²) in [7, 11) is 0. The molecular weight excluding hydrogens is 304 g/mol. The van der Waals surface area contributed by atoms with Gasteiger partial charge in [-0.15, -0.1) is 0 Å². The van der Waals surface area contributed by atoms with Crippen LogP contribution in [-0.4, -0.2) is 24.1 Å². The second-order valence-electron chi connectivity index (χ2n) is 7.77. The maximum Gasteiger partial charge on any atom is 0.375 e. The summed E-state index contributed by atoms with van der Waals surface area (Å²) in [4.78, 5) is 35.5. The van der Waals surface area contributed by atoms with Gasteiger partial charge in [0.05, 0.1) is 13.0 Å². The lowest BCUT2D eigenvalue weighted by molar-refractivity contribution is -0.153. The molecule has 0 fully saturated rings. The number of carbonyl (C=O) groups is 3. The van der Waals surface area contributed by atoms with Gasteiger partial charge in [-0.25, -0.2) is 4.79 Å². The van der Waals surface area contributed by atoms with Crippen molar-refractivity contribution in [1.29, 1.82) is 0 Å². The Balaban J connectivity index is 2.29. The molecule has 1 aliphatic carbocycles. The second kappa shape index (κ2) is 6.50. The van der Waals surface area contributed by atoms with Gasteiger partial charge in [-0.3, -0.25) is 9.59 Å². The van der Waals surface area contributed by atoms with Gasteiger partial charge in [0.25, 0.3) is 0 Å². The van der Waals surface area contributed by atoms with Gasteiger partial charge in [-0.1, -0.05) is 39.8 Å². The van der Waals surface area contributed by atoms with E-state index in [2.05, 4.69) is 32.4 Å². The van der Waals surface area contributed by atoms with Crippen molar-refractivity contribution in [2.45, 2.75) is 64.7 Å². The van der Waals surface area contributed by atoms with Crippen LogP contribution in [0.5, 0.6) is 0 Å². The molecule has 0 bridgehead atoms. The molecule has 1 aromatic rings. The predicted molar refractivity (Wildman–Crippen MR) is 92.3 cm³/mol. The second-order valence-corrected chi connectivity index (χ2v) is 7.77. The molecule has 1 aliphatic rings. The van der Waals surface area contributed by atoms with Crippen molar-refractivity contribution < 1.29 is 19.1 Å². The third-order valence-corrected chi connectivity index (χ3v) is 5.00. The highest BCUT2D eigenvalue weighted by Crippen LogP contribution is 2.45. The number of esters is 1. The fourth-order valence-electron chi connectivity index (χ4n) is 3.29. The summed E-state index contributed by atoms with van der Waals surface area (Å²) in [6, 6.07) is 5.66. The highest BCUT2D eigenvalue weighted by molar-refractivity contribution is 6.38. The van der Waals surface area contributed by atoms with E-state index in [0.717, 1.165) is 18.4 Å². The fourth-order valence-corrected chi connectivity index (χ4v) is 3.29. The molecule has 4 nitrogen and oxygen atoms in total. The fraction of sp³-hybridized carbons (Fsp3) is 0.550. The van der Waals surface area contributed by atoms with Crippen molar-refractivity contribution in [3.05, 3.63) is 34.9 Å². The number of carbonyl (C=O) groups excluding carboxylic acids is 3. The smallest absolute Gasteiger partial charge is 0.375 e. The summed E-state index contributed by atoms with van der Waals surface area (Å²) in [5, 5.41) is 0. The SMILES string of the molecule is CCOC(=O)C(=O)CC(=O)c1ccc2c(c1)C(C)(C)CCC2(C)C. The number of hydrogen-bond acceptors (Lipinski definition) is 4. The number of ketones is 2. The lowest BCUT2D eigenvalue weighted by atomic mass is 9.63. The van der Waals surface area contributed by atoms with Crippen molar-refractivity contribution in [1.82, 2.24) is 0 Å². The summed E-state index contributed by atoms with van der Waals surface area (Å²) in [6.07, 6.45) is 1.70. The highest BCUT2D eigenvalue weighted by atomic mass is 16.5. The number of benzene rings is 1. The van der Waals surface area contributed by atoms with Crippen LogP contribution in [-0.2, 0) is 25.2 Å². The average Bonchev–Trinajstić information content (AvgIpc) is 2.51. The van der Waals surface area contributed by atoms with Gasteiger partial charge in [-0.05, 0) is 47.8 Å². The normalized spacial score (nSPS) is 17.7. The van der Waals surface area contributed by atoms with Crippen LogP contribution in [0.25, 0.3) is 0 Å². The largest absolute Gasteiger partial charge is 0.460 e. The molecule has 4 heteroatoms. The maximum atomic E-state index is 12.4. The van der Waals surface area contributed by atoms with Gasteiger partial charge >= 0.3 is 5.97 Å². The quantitative estimate of drug-likeness (QED) is 0.357. The molecule has 2 rings (SSSR count). The van der Waals surface area contributed by atoms with Gasteiger partial charge < -0.3 is 4.74 Å². The maximum absolute atomic E-state index is 12.4. The molecule has 1 aromatic carbocycles. The van der Waals surface area contributed by atoms with E-state index in [9.17, 15) is 14.4 Å². The van der Waals surface area contributed by atoms with Crippen LogP contribution >= 0.6 is 0 Å². The summed E-state index contributed by atoms with van der Waals surface area (Å²) < 4.78 is 4.65. The molecule has 0 aromatic heterocycles. The van der Waals surface area contributed by atoms with Crippen molar-refractivity contribution in [2.75, 3.05) is 6.61 Å². The molecule has 24 heavy (non-hydrogen) atoms. The molecule has 130 valence electrons. The minimum absolute atomic E-state index is 0.00765. The monoisotopic (exact) mass is 330 g/mol. The zero-order valence-electron chi connectivity index (χ0n) is 15.2. The number of hydrogen-bond donors (Lipinski definition) is 0. The summed E-state index contributed by atoms with van der Waals surface area (Å²) in [5.41, 5.74) is 2.97. The number of ether oxygens (including phenoxy) is 1. The van der Waals surface area contributed by atoms with E-state index in [0.29, 0.717) is 5.56 Å². The van der Waals surface area contributed by atoms with Gasteiger partial charge in [0.15, 0.2) is 5.78 Å². The minimum Gasteiger partial charge on any atom is -0.460 e. The molecule has 0 saturated heterocycles. The Bertz CT molecular complexity index is 683. The Morgan fingerprint density at radius 2 is 1.58 bits per heavy atom. The molecular formula is C20H26O4. The third-order valence-electron chi connectivity index (χ3n) is 5.00. The Hall–Kier alpha value is -1.97. The lowest BCUT2D eigenvalue weighted by Gasteiger charge is -2.42. The van der Waals surface area contributed by atoms with Crippen LogP contribution in [0.2, 0.25) is 0 Å². The van der Waals surface area contributed by atoms with E-state index >= 15 is 0 Å². The molecule has 0 N–H and O–H groups in total. The summed E-state index contributed by atoms with van der Waals surface area (Å²) in [6.45, 7) is 10.5. The molecule has 0 spiro atoms. The first kappa shape index (κ1) is 18.4. The Morgan fingerprint density at radius 3 is 2.17 bits per heavy atom. The zero-order chi connectivity index (χ0) is 18.1. The van der Waals surface area contributed by atoms with E-state index in [4.69, 9.17) is 0 Å². The van der Waals surface area contributed by atoms with E-state index in [1.807, 2.05) is 12.1 Å². The van der Waals surface area contributed by atoms with Crippen LogP contribution in [0.3, 0.4) is 0 Å². The van der Waals surface area contributed by atoms with Crippen LogP contribution in [0.1, 0.15) is 75.4 Å². The van der Waals surface area contributed by atoms with Gasteiger partial charge in [0, 0.05) is 5.56 Å². The van der Waals surface area contributed by atoms with Crippen LogP contribution < -0.4 is 0 Å². The van der Waals surface area contributed by atoms with Gasteiger partial charge in [0.1, 0.15) is 0 Å². The molecule has 0 saturated carbocycles. The number of fused-ring (bicyclic) bond motifs is 1. The van der Waals surface area contributed by atoms with E-state index in [-0.39, 0.29) is 23.2 Å². The minimum atomic E-state index is -0.940. The first-order valence-corrected chi connectivity index (χ1v) is 8.46. The van der Waals surface area contributed by atoms with Gasteiger partial charge in [-0.2, -0.15) is 0 Å². The Kier molecular flexibility index (Phi) is 4.97. The molecule has 0 unspecified atom stereocenters. The first-order chi connectivity index (χ1) is 11.1. The summed E-state index contributed by atoms with van der Waals surface area (Å²) in [5.74, 6) is -2.07. The molecule has 0 atom stereocenters.